The standard InChI is InChI=1S/C23H32N2O7Si/c1-13-18-17(14(2)32-33(6,7)23(3,4)5)21(27)24(18)19(20(13)26)22(28)31-12-15-8-10-16(11-9-15)25(29)30/h8-11,13-14,17-19H,12H2,1-7H3/t13-,14-,17-,18-,19-/m1/s1. The lowest BCUT2D eigenvalue weighted by molar-refractivity contribution is -0.384. The fraction of sp³-hybridized carbons (Fsp3) is 0.609. The molecule has 2 saturated heterocycles. The number of nitro groups is 1. The molecule has 2 heterocycles. The molecule has 0 saturated carbocycles. The molecule has 0 bridgehead atoms. The largest absolute Gasteiger partial charge is 0.459 e. The number of Topliss-reactive ketones (excluding diaryl/α,β-unsaturated/α-hetero) is 1. The van der Waals surface area contributed by atoms with Crippen LogP contribution in [0.1, 0.15) is 40.2 Å². The van der Waals surface area contributed by atoms with Crippen molar-refractivity contribution in [2.45, 2.75) is 77.5 Å². The van der Waals surface area contributed by atoms with E-state index in [9.17, 15) is 24.5 Å². The van der Waals surface area contributed by atoms with Gasteiger partial charge in [-0.2, -0.15) is 0 Å². The number of rotatable bonds is 7. The highest BCUT2D eigenvalue weighted by atomic mass is 28.4. The molecule has 2 aliphatic heterocycles. The highest BCUT2D eigenvalue weighted by molar-refractivity contribution is 6.74. The van der Waals surface area contributed by atoms with E-state index >= 15 is 0 Å². The molecule has 3 rings (SSSR count). The van der Waals surface area contributed by atoms with Gasteiger partial charge in [-0.15, -0.1) is 0 Å². The number of benzene rings is 1. The third-order valence-electron chi connectivity index (χ3n) is 7.28. The van der Waals surface area contributed by atoms with E-state index in [1.54, 1.807) is 6.92 Å². The monoisotopic (exact) mass is 476 g/mol. The molecular weight excluding hydrogens is 444 g/mol. The van der Waals surface area contributed by atoms with Gasteiger partial charge in [-0.05, 0) is 42.8 Å². The number of fused-ring (bicyclic) bond motifs is 1. The fourth-order valence-electron chi connectivity index (χ4n) is 4.33. The highest BCUT2D eigenvalue weighted by Gasteiger charge is 2.65. The summed E-state index contributed by atoms with van der Waals surface area (Å²) >= 11 is 0. The molecule has 10 heteroatoms. The average Bonchev–Trinajstić information content (AvgIpc) is 2.93. The van der Waals surface area contributed by atoms with Gasteiger partial charge in [0, 0.05) is 18.1 Å². The van der Waals surface area contributed by atoms with Crippen LogP contribution in [-0.2, 0) is 30.2 Å². The molecule has 2 aliphatic rings. The second-order valence-corrected chi connectivity index (χ2v) is 15.2. The van der Waals surface area contributed by atoms with Crippen LogP contribution in [0.5, 0.6) is 0 Å². The van der Waals surface area contributed by atoms with Crippen LogP contribution >= 0.6 is 0 Å². The number of nitrogens with zero attached hydrogens (tertiary/aromatic N) is 2. The third-order valence-corrected chi connectivity index (χ3v) is 11.9. The summed E-state index contributed by atoms with van der Waals surface area (Å²) in [5, 5.41) is 10.7. The number of carbonyl (C=O) groups is 3. The summed E-state index contributed by atoms with van der Waals surface area (Å²) in [6.45, 7) is 14.1. The van der Waals surface area contributed by atoms with Gasteiger partial charge in [0.1, 0.15) is 6.61 Å². The molecule has 5 atom stereocenters. The van der Waals surface area contributed by atoms with Crippen LogP contribution in [-0.4, -0.2) is 54.0 Å². The van der Waals surface area contributed by atoms with Crippen molar-refractivity contribution in [2.75, 3.05) is 0 Å². The van der Waals surface area contributed by atoms with E-state index in [1.807, 2.05) is 6.92 Å². The van der Waals surface area contributed by atoms with Crippen LogP contribution in [0.25, 0.3) is 0 Å². The van der Waals surface area contributed by atoms with Gasteiger partial charge < -0.3 is 14.1 Å². The quantitative estimate of drug-likeness (QED) is 0.148. The number of ketones is 1. The number of amides is 1. The van der Waals surface area contributed by atoms with Gasteiger partial charge in [0.2, 0.25) is 5.91 Å². The number of β-lactam (4-membered cyclic amide) rings is 1. The Labute approximate surface area is 194 Å². The van der Waals surface area contributed by atoms with Crippen LogP contribution in [0, 0.1) is 22.0 Å². The van der Waals surface area contributed by atoms with Crippen molar-refractivity contribution in [3.8, 4) is 0 Å². The van der Waals surface area contributed by atoms with Gasteiger partial charge in [-0.25, -0.2) is 4.79 Å². The molecule has 33 heavy (non-hydrogen) atoms. The lowest BCUT2D eigenvalue weighted by Crippen LogP contribution is -2.67. The molecule has 1 aromatic carbocycles. The number of non-ortho nitro benzene ring substituents is 1. The lowest BCUT2D eigenvalue weighted by atomic mass is 9.79. The van der Waals surface area contributed by atoms with Crippen LogP contribution in [0.15, 0.2) is 24.3 Å². The first kappa shape index (κ1) is 25.0. The van der Waals surface area contributed by atoms with Crippen molar-refractivity contribution in [2.24, 2.45) is 11.8 Å². The summed E-state index contributed by atoms with van der Waals surface area (Å²) in [6.07, 6.45) is -0.357. The van der Waals surface area contributed by atoms with Crippen LogP contribution < -0.4 is 0 Å². The Hall–Kier alpha value is -2.59. The summed E-state index contributed by atoms with van der Waals surface area (Å²) in [4.78, 5) is 50.3. The number of carbonyl (C=O) groups excluding carboxylic acids is 3. The Morgan fingerprint density at radius 2 is 1.79 bits per heavy atom. The topological polar surface area (TPSA) is 116 Å². The maximum atomic E-state index is 13.0. The SMILES string of the molecule is C[C@@H](O[Si](C)(C)C(C)(C)C)[C@H]1C(=O)N2[C@@H](C(=O)OCc3ccc([N+](=O)[O-])cc3)C(=O)[C@H](C)[C@H]12. The van der Waals surface area contributed by atoms with Gasteiger partial charge in [-0.3, -0.25) is 19.7 Å². The highest BCUT2D eigenvalue weighted by Crippen LogP contribution is 2.46. The molecule has 0 spiro atoms. The van der Waals surface area contributed by atoms with Crippen molar-refractivity contribution < 1.29 is 28.5 Å². The van der Waals surface area contributed by atoms with E-state index in [2.05, 4.69) is 33.9 Å². The molecule has 0 aromatic heterocycles. The van der Waals surface area contributed by atoms with E-state index in [0.29, 0.717) is 5.56 Å². The van der Waals surface area contributed by atoms with Crippen molar-refractivity contribution in [3.63, 3.8) is 0 Å². The summed E-state index contributed by atoms with van der Waals surface area (Å²) in [5.41, 5.74) is 0.479. The summed E-state index contributed by atoms with van der Waals surface area (Å²) < 4.78 is 11.7. The lowest BCUT2D eigenvalue weighted by Gasteiger charge is -2.50. The zero-order chi connectivity index (χ0) is 24.9. The minimum absolute atomic E-state index is 0.0188. The van der Waals surface area contributed by atoms with Gasteiger partial charge in [0.15, 0.2) is 20.1 Å². The molecule has 1 amide bonds. The van der Waals surface area contributed by atoms with E-state index in [-0.39, 0.29) is 41.2 Å². The smallest absolute Gasteiger partial charge is 0.337 e. The van der Waals surface area contributed by atoms with Crippen LogP contribution in [0.4, 0.5) is 5.69 Å². The Bertz CT molecular complexity index is 970. The van der Waals surface area contributed by atoms with Gasteiger partial charge in [-0.1, -0.05) is 27.7 Å². The predicted molar refractivity (Wildman–Crippen MR) is 123 cm³/mol. The maximum absolute atomic E-state index is 13.0. The number of ether oxygens (including phenoxy) is 1. The Morgan fingerprint density at radius 1 is 1.21 bits per heavy atom. The number of hydrogen-bond donors (Lipinski definition) is 0. The molecule has 1 aromatic rings. The Kier molecular flexibility index (Phi) is 6.56. The van der Waals surface area contributed by atoms with Gasteiger partial charge in [0.05, 0.1) is 23.0 Å². The van der Waals surface area contributed by atoms with E-state index in [0.717, 1.165) is 0 Å². The van der Waals surface area contributed by atoms with Crippen molar-refractivity contribution in [1.29, 1.82) is 0 Å². The zero-order valence-electron chi connectivity index (χ0n) is 20.2. The zero-order valence-corrected chi connectivity index (χ0v) is 21.2. The Balaban J connectivity index is 1.68. The number of nitro benzene ring substituents is 1. The third kappa shape index (κ3) is 4.46. The first-order chi connectivity index (χ1) is 15.2. The molecule has 180 valence electrons. The summed E-state index contributed by atoms with van der Waals surface area (Å²) in [7, 11) is -2.12. The van der Waals surface area contributed by atoms with E-state index in [1.165, 1.54) is 29.2 Å². The second-order valence-electron chi connectivity index (χ2n) is 10.5. The minimum atomic E-state index is -2.12. The number of esters is 1. The van der Waals surface area contributed by atoms with E-state index in [4.69, 9.17) is 9.16 Å². The van der Waals surface area contributed by atoms with Crippen molar-refractivity contribution >= 4 is 31.7 Å². The van der Waals surface area contributed by atoms with E-state index < -0.39 is 37.1 Å². The molecule has 0 unspecified atom stereocenters. The van der Waals surface area contributed by atoms with Crippen molar-refractivity contribution in [1.82, 2.24) is 4.90 Å². The summed E-state index contributed by atoms with van der Waals surface area (Å²) in [6, 6.07) is 3.95. The first-order valence-corrected chi connectivity index (χ1v) is 14.0. The molecule has 9 nitrogen and oxygen atoms in total. The normalized spacial score (nSPS) is 26.0. The van der Waals surface area contributed by atoms with Crippen LogP contribution in [0.3, 0.4) is 0 Å². The van der Waals surface area contributed by atoms with Crippen LogP contribution in [0.2, 0.25) is 18.1 Å². The average molecular weight is 477 g/mol. The maximum Gasteiger partial charge on any atom is 0.337 e. The molecule has 0 aliphatic carbocycles. The predicted octanol–water partition coefficient (Wildman–Crippen LogP) is 3.46. The fourth-order valence-corrected chi connectivity index (χ4v) is 5.76. The van der Waals surface area contributed by atoms with Gasteiger partial charge >= 0.3 is 5.97 Å². The minimum Gasteiger partial charge on any atom is -0.459 e. The molecular formula is C23H32N2O7Si. The van der Waals surface area contributed by atoms with Gasteiger partial charge in [0.25, 0.3) is 5.69 Å². The molecule has 0 radical (unpaired) electrons. The molecule has 2 fully saturated rings. The second kappa shape index (κ2) is 8.64. The summed E-state index contributed by atoms with van der Waals surface area (Å²) in [5.74, 6) is -2.33. The Morgan fingerprint density at radius 3 is 2.30 bits per heavy atom. The molecule has 0 N–H and O–H groups in total. The van der Waals surface area contributed by atoms with Crippen molar-refractivity contribution in [3.05, 3.63) is 39.9 Å². The number of hydrogen-bond acceptors (Lipinski definition) is 7. The first-order valence-electron chi connectivity index (χ1n) is 11.1.